The molecule has 0 spiro atoms. The van der Waals surface area contributed by atoms with Crippen LogP contribution in [0, 0.1) is 0 Å². The molecule has 1 aliphatic heterocycles. The van der Waals surface area contributed by atoms with Crippen LogP contribution in [0.3, 0.4) is 0 Å². The largest absolute Gasteiger partial charge is 0.479 e. The Labute approximate surface area is 87.5 Å². The van der Waals surface area contributed by atoms with E-state index in [0.717, 1.165) is 6.42 Å². The summed E-state index contributed by atoms with van der Waals surface area (Å²) in [6.45, 7) is 0.551. The third-order valence-corrected chi connectivity index (χ3v) is 2.24. The highest BCUT2D eigenvalue weighted by atomic mass is 16.5. The average Bonchev–Trinajstić information content (AvgIpc) is 2.70. The fourth-order valence-electron chi connectivity index (χ4n) is 1.36. The molecule has 1 heterocycles. The Morgan fingerprint density at radius 1 is 1.67 bits per heavy atom. The topological polar surface area (TPSA) is 84.9 Å². The predicted octanol–water partition coefficient (Wildman–Crippen LogP) is -0.619. The zero-order chi connectivity index (χ0) is 11.3. The zero-order valence-corrected chi connectivity index (χ0v) is 8.56. The Hall–Kier alpha value is -1.14. The Kier molecular flexibility index (Phi) is 4.51. The average molecular weight is 217 g/mol. The van der Waals surface area contributed by atoms with Crippen molar-refractivity contribution in [1.82, 2.24) is 5.32 Å². The molecule has 0 aromatic rings. The number of carbonyl (C=O) groups excluding carboxylic acids is 1. The first kappa shape index (κ1) is 11.9. The van der Waals surface area contributed by atoms with Crippen molar-refractivity contribution in [3.63, 3.8) is 0 Å². The van der Waals surface area contributed by atoms with Crippen molar-refractivity contribution >= 4 is 11.9 Å². The molecule has 2 N–H and O–H groups in total. The minimum atomic E-state index is -1.09. The second kappa shape index (κ2) is 5.67. The fraction of sp³-hybridized carbons (Fsp3) is 0.778. The van der Waals surface area contributed by atoms with Gasteiger partial charge in [-0.05, 0) is 12.8 Å². The molecule has 6 heteroatoms. The van der Waals surface area contributed by atoms with Gasteiger partial charge in [0.05, 0.1) is 6.54 Å². The van der Waals surface area contributed by atoms with Gasteiger partial charge in [-0.3, -0.25) is 4.79 Å². The van der Waals surface area contributed by atoms with Crippen LogP contribution in [0.4, 0.5) is 0 Å². The lowest BCUT2D eigenvalue weighted by atomic mass is 10.2. The van der Waals surface area contributed by atoms with Crippen LogP contribution in [0.2, 0.25) is 0 Å². The van der Waals surface area contributed by atoms with E-state index in [-0.39, 0.29) is 12.5 Å². The molecular formula is C9H15NO5. The standard InChI is InChI=1S/C9H15NO5/c1-14-7(9(12)13)5-10-8(11)6-3-2-4-15-6/h6-7H,2-5H2,1H3,(H,10,11)(H,12,13)/t6-,7?/m1/s1. The Morgan fingerprint density at radius 2 is 2.40 bits per heavy atom. The maximum absolute atomic E-state index is 11.4. The number of nitrogens with one attached hydrogen (secondary N) is 1. The molecule has 2 atom stereocenters. The van der Waals surface area contributed by atoms with Crippen LogP contribution in [0.1, 0.15) is 12.8 Å². The summed E-state index contributed by atoms with van der Waals surface area (Å²) in [5.74, 6) is -1.36. The molecule has 86 valence electrons. The number of aliphatic carboxylic acids is 1. The molecule has 1 rings (SSSR count). The van der Waals surface area contributed by atoms with Crippen LogP contribution >= 0.6 is 0 Å². The van der Waals surface area contributed by atoms with Crippen molar-refractivity contribution in [2.45, 2.75) is 25.0 Å². The van der Waals surface area contributed by atoms with E-state index < -0.39 is 18.2 Å². The summed E-state index contributed by atoms with van der Waals surface area (Å²) in [5, 5.41) is 11.1. The van der Waals surface area contributed by atoms with Crippen molar-refractivity contribution in [1.29, 1.82) is 0 Å². The van der Waals surface area contributed by atoms with Crippen LogP contribution in [0.25, 0.3) is 0 Å². The highest BCUT2D eigenvalue weighted by molar-refractivity contribution is 5.82. The molecule has 1 saturated heterocycles. The summed E-state index contributed by atoms with van der Waals surface area (Å²) in [7, 11) is 1.29. The van der Waals surface area contributed by atoms with Gasteiger partial charge in [0.2, 0.25) is 5.91 Å². The monoisotopic (exact) mass is 217 g/mol. The van der Waals surface area contributed by atoms with Gasteiger partial charge in [0.1, 0.15) is 6.10 Å². The van der Waals surface area contributed by atoms with Gasteiger partial charge < -0.3 is 19.9 Å². The second-order valence-electron chi connectivity index (χ2n) is 3.31. The van der Waals surface area contributed by atoms with Crippen LogP contribution in [-0.4, -0.2) is 49.5 Å². The summed E-state index contributed by atoms with van der Waals surface area (Å²) < 4.78 is 9.81. The van der Waals surface area contributed by atoms with Crippen molar-refractivity contribution < 1.29 is 24.2 Å². The van der Waals surface area contributed by atoms with E-state index >= 15 is 0 Å². The molecule has 1 amide bonds. The summed E-state index contributed by atoms with van der Waals surface area (Å²) >= 11 is 0. The molecule has 15 heavy (non-hydrogen) atoms. The first-order valence-electron chi connectivity index (χ1n) is 4.80. The summed E-state index contributed by atoms with van der Waals surface area (Å²) in [4.78, 5) is 22.0. The van der Waals surface area contributed by atoms with Gasteiger partial charge in [-0.2, -0.15) is 0 Å². The van der Waals surface area contributed by atoms with Gasteiger partial charge in [-0.1, -0.05) is 0 Å². The van der Waals surface area contributed by atoms with Crippen molar-refractivity contribution in [3.8, 4) is 0 Å². The highest BCUT2D eigenvalue weighted by Gasteiger charge is 2.25. The van der Waals surface area contributed by atoms with Crippen LogP contribution in [-0.2, 0) is 19.1 Å². The van der Waals surface area contributed by atoms with E-state index in [4.69, 9.17) is 9.84 Å². The number of hydrogen-bond donors (Lipinski definition) is 2. The number of rotatable bonds is 5. The van der Waals surface area contributed by atoms with Crippen LogP contribution in [0.5, 0.6) is 0 Å². The molecule has 0 radical (unpaired) electrons. The van der Waals surface area contributed by atoms with Crippen molar-refractivity contribution in [2.75, 3.05) is 20.3 Å². The summed E-state index contributed by atoms with van der Waals surface area (Å²) in [5.41, 5.74) is 0. The van der Waals surface area contributed by atoms with Crippen LogP contribution < -0.4 is 5.32 Å². The molecule has 0 aromatic heterocycles. The Morgan fingerprint density at radius 3 is 2.87 bits per heavy atom. The van der Waals surface area contributed by atoms with E-state index in [0.29, 0.717) is 13.0 Å². The first-order chi connectivity index (χ1) is 7.15. The Balaban J connectivity index is 2.28. The number of carboxylic acid groups (broad SMARTS) is 1. The van der Waals surface area contributed by atoms with Gasteiger partial charge in [-0.15, -0.1) is 0 Å². The van der Waals surface area contributed by atoms with E-state index in [1.54, 1.807) is 0 Å². The van der Waals surface area contributed by atoms with Crippen LogP contribution in [0.15, 0.2) is 0 Å². The summed E-state index contributed by atoms with van der Waals surface area (Å²) in [6, 6.07) is 0. The number of hydrogen-bond acceptors (Lipinski definition) is 4. The molecule has 0 saturated carbocycles. The number of carboxylic acids is 1. The Bertz CT molecular complexity index is 237. The van der Waals surface area contributed by atoms with Gasteiger partial charge in [0.15, 0.2) is 6.10 Å². The van der Waals surface area contributed by atoms with Gasteiger partial charge in [0, 0.05) is 13.7 Å². The van der Waals surface area contributed by atoms with E-state index in [1.807, 2.05) is 0 Å². The number of amides is 1. The van der Waals surface area contributed by atoms with E-state index in [1.165, 1.54) is 7.11 Å². The lowest BCUT2D eigenvalue weighted by Gasteiger charge is -2.14. The molecule has 0 aliphatic carbocycles. The van der Waals surface area contributed by atoms with E-state index in [9.17, 15) is 9.59 Å². The molecular weight excluding hydrogens is 202 g/mol. The molecule has 6 nitrogen and oxygen atoms in total. The normalized spacial score (nSPS) is 22.3. The van der Waals surface area contributed by atoms with E-state index in [2.05, 4.69) is 10.1 Å². The minimum Gasteiger partial charge on any atom is -0.479 e. The number of carbonyl (C=O) groups is 2. The fourth-order valence-corrected chi connectivity index (χ4v) is 1.36. The number of ether oxygens (including phenoxy) is 2. The highest BCUT2D eigenvalue weighted by Crippen LogP contribution is 2.11. The number of methoxy groups -OCH3 is 1. The lowest BCUT2D eigenvalue weighted by molar-refractivity contribution is -0.148. The molecule has 0 bridgehead atoms. The SMILES string of the molecule is COC(CNC(=O)[C@H]1CCCO1)C(=O)O. The van der Waals surface area contributed by atoms with Gasteiger partial charge >= 0.3 is 5.97 Å². The zero-order valence-electron chi connectivity index (χ0n) is 8.56. The van der Waals surface area contributed by atoms with Gasteiger partial charge in [-0.25, -0.2) is 4.79 Å². The minimum absolute atomic E-state index is 0.0372. The predicted molar refractivity (Wildman–Crippen MR) is 50.4 cm³/mol. The van der Waals surface area contributed by atoms with Gasteiger partial charge in [0.25, 0.3) is 0 Å². The smallest absolute Gasteiger partial charge is 0.334 e. The maximum Gasteiger partial charge on any atom is 0.334 e. The molecule has 1 unspecified atom stereocenters. The van der Waals surface area contributed by atoms with Crippen molar-refractivity contribution in [3.05, 3.63) is 0 Å². The third-order valence-electron chi connectivity index (χ3n) is 2.24. The molecule has 0 aromatic carbocycles. The first-order valence-corrected chi connectivity index (χ1v) is 4.80. The molecule has 1 aliphatic rings. The lowest BCUT2D eigenvalue weighted by Crippen LogP contribution is -2.42. The third kappa shape index (κ3) is 3.49. The second-order valence-corrected chi connectivity index (χ2v) is 3.31. The summed E-state index contributed by atoms with van der Waals surface area (Å²) in [6.07, 6.45) is 0.119. The maximum atomic E-state index is 11.4. The quantitative estimate of drug-likeness (QED) is 0.641. The van der Waals surface area contributed by atoms with Crippen molar-refractivity contribution in [2.24, 2.45) is 0 Å². The molecule has 1 fully saturated rings.